The molecule has 0 saturated heterocycles. The lowest BCUT2D eigenvalue weighted by Crippen LogP contribution is -2.15. The third kappa shape index (κ3) is 15.0. The highest BCUT2D eigenvalue weighted by Crippen LogP contribution is 2.51. The van der Waals surface area contributed by atoms with Crippen molar-refractivity contribution in [2.75, 3.05) is 19.8 Å². The van der Waals surface area contributed by atoms with E-state index in [1.165, 1.54) is 57.8 Å². The molecule has 0 aromatic carbocycles. The number of hydrogen-bond acceptors (Lipinski definition) is 4. The molecule has 0 radical (unpaired) electrons. The first-order valence-corrected chi connectivity index (χ1v) is 15.1. The van der Waals surface area contributed by atoms with Gasteiger partial charge in [0.05, 0.1) is 19.8 Å². The Labute approximate surface area is 188 Å². The lowest BCUT2D eigenvalue weighted by Gasteiger charge is -2.28. The molecule has 3 atom stereocenters. The molecule has 29 heavy (non-hydrogen) atoms. The summed E-state index contributed by atoms with van der Waals surface area (Å²) in [6.45, 7) is 12.8. The highest BCUT2D eigenvalue weighted by molar-refractivity contribution is 8.07. The quantitative estimate of drug-likeness (QED) is 0.163. The van der Waals surface area contributed by atoms with Crippen molar-refractivity contribution < 1.29 is 13.6 Å². The maximum atomic E-state index is 6.26. The van der Waals surface area contributed by atoms with Crippen molar-refractivity contribution in [2.45, 2.75) is 119 Å². The maximum Gasteiger partial charge on any atom is 0.327 e. The van der Waals surface area contributed by atoms with Gasteiger partial charge in [-0.05, 0) is 48.8 Å². The molecule has 0 heterocycles. The number of unbranched alkanes of at least 4 members (excludes halogenated alkanes) is 3. The Morgan fingerprint density at radius 2 is 0.828 bits per heavy atom. The normalized spacial score (nSPS) is 17.0. The Morgan fingerprint density at radius 1 is 0.552 bits per heavy atom. The van der Waals surface area contributed by atoms with Crippen LogP contribution in [0.15, 0.2) is 0 Å². The third-order valence-corrected chi connectivity index (χ3v) is 8.38. The van der Waals surface area contributed by atoms with Crippen LogP contribution in [0, 0.1) is 17.8 Å². The molecule has 0 bridgehead atoms. The third-order valence-electron chi connectivity index (χ3n) is 6.03. The standard InChI is InChI=1S/C24H51O3PS/c1-7-13-16-22(10-4)19-25-28(29,26-20-23(11-5)17-14-8-2)27-21-24(12-6)18-15-9-3/h22-24H,7-21H2,1-6H3. The lowest BCUT2D eigenvalue weighted by atomic mass is 10.0. The molecule has 0 aliphatic heterocycles. The summed E-state index contributed by atoms with van der Waals surface area (Å²) in [5, 5.41) is 0. The van der Waals surface area contributed by atoms with E-state index in [1.807, 2.05) is 0 Å². The van der Waals surface area contributed by atoms with Gasteiger partial charge in [0.1, 0.15) is 0 Å². The molecular weight excluding hydrogens is 399 g/mol. The van der Waals surface area contributed by atoms with Gasteiger partial charge in [-0.3, -0.25) is 0 Å². The monoisotopic (exact) mass is 450 g/mol. The van der Waals surface area contributed by atoms with Crippen LogP contribution >= 0.6 is 6.72 Å². The SMILES string of the molecule is CCCCC(CC)COP(=S)(OCC(CC)CCCC)OCC(CC)CCCC. The highest BCUT2D eigenvalue weighted by Gasteiger charge is 2.25. The number of rotatable bonds is 21. The minimum Gasteiger partial charge on any atom is -0.308 e. The van der Waals surface area contributed by atoms with E-state index in [4.69, 9.17) is 25.4 Å². The Morgan fingerprint density at radius 3 is 1.03 bits per heavy atom. The molecule has 176 valence electrons. The van der Waals surface area contributed by atoms with E-state index < -0.39 is 6.72 Å². The van der Waals surface area contributed by atoms with Gasteiger partial charge in [0, 0.05) is 0 Å². The molecule has 0 amide bonds. The minimum atomic E-state index is -2.68. The van der Waals surface area contributed by atoms with Crippen molar-refractivity contribution in [3.8, 4) is 0 Å². The molecule has 0 aromatic heterocycles. The summed E-state index contributed by atoms with van der Waals surface area (Å²) in [4.78, 5) is 0. The van der Waals surface area contributed by atoms with Gasteiger partial charge in [-0.15, -0.1) is 0 Å². The molecule has 0 aromatic rings. The van der Waals surface area contributed by atoms with Crippen LogP contribution in [-0.2, 0) is 25.4 Å². The molecule has 0 saturated carbocycles. The van der Waals surface area contributed by atoms with Crippen molar-refractivity contribution in [3.63, 3.8) is 0 Å². The molecule has 3 unspecified atom stereocenters. The van der Waals surface area contributed by atoms with Crippen LogP contribution in [0.1, 0.15) is 119 Å². The largest absolute Gasteiger partial charge is 0.327 e. The summed E-state index contributed by atoms with van der Waals surface area (Å²) in [7, 11) is 0. The van der Waals surface area contributed by atoms with Gasteiger partial charge in [0.15, 0.2) is 0 Å². The van der Waals surface area contributed by atoms with Gasteiger partial charge in [-0.25, -0.2) is 0 Å². The summed E-state index contributed by atoms with van der Waals surface area (Å²) in [6, 6.07) is 0. The second-order valence-electron chi connectivity index (χ2n) is 8.58. The van der Waals surface area contributed by atoms with E-state index >= 15 is 0 Å². The second kappa shape index (κ2) is 19.2. The van der Waals surface area contributed by atoms with Crippen molar-refractivity contribution in [1.29, 1.82) is 0 Å². The molecule has 0 aliphatic rings. The average Bonchev–Trinajstić information content (AvgIpc) is 2.74. The van der Waals surface area contributed by atoms with Crippen molar-refractivity contribution in [1.82, 2.24) is 0 Å². The number of hydrogen-bond donors (Lipinski definition) is 0. The zero-order valence-electron chi connectivity index (χ0n) is 20.4. The fourth-order valence-corrected chi connectivity index (χ4v) is 5.35. The van der Waals surface area contributed by atoms with Gasteiger partial charge < -0.3 is 13.6 Å². The van der Waals surface area contributed by atoms with E-state index in [2.05, 4.69) is 41.5 Å². The van der Waals surface area contributed by atoms with E-state index in [0.717, 1.165) is 19.3 Å². The van der Waals surface area contributed by atoms with Crippen LogP contribution in [0.3, 0.4) is 0 Å². The maximum absolute atomic E-state index is 6.26. The van der Waals surface area contributed by atoms with Crippen LogP contribution in [0.5, 0.6) is 0 Å². The van der Waals surface area contributed by atoms with Crippen molar-refractivity contribution >= 4 is 18.5 Å². The van der Waals surface area contributed by atoms with Crippen LogP contribution in [0.25, 0.3) is 0 Å². The van der Waals surface area contributed by atoms with E-state index in [9.17, 15) is 0 Å². The summed E-state index contributed by atoms with van der Waals surface area (Å²) < 4.78 is 18.8. The van der Waals surface area contributed by atoms with Gasteiger partial charge in [-0.1, -0.05) is 99.3 Å². The van der Waals surface area contributed by atoms with Crippen molar-refractivity contribution in [2.24, 2.45) is 17.8 Å². The molecule has 0 aliphatic carbocycles. The fourth-order valence-electron chi connectivity index (χ4n) is 3.40. The Hall–Kier alpha value is 0.530. The molecule has 0 spiro atoms. The van der Waals surface area contributed by atoms with Crippen LogP contribution in [0.4, 0.5) is 0 Å². The van der Waals surface area contributed by atoms with Crippen LogP contribution in [0.2, 0.25) is 0 Å². The summed E-state index contributed by atoms with van der Waals surface area (Å²) in [6.07, 6.45) is 14.4. The zero-order chi connectivity index (χ0) is 22.0. The molecule has 5 heteroatoms. The van der Waals surface area contributed by atoms with E-state index in [1.54, 1.807) is 0 Å². The predicted molar refractivity (Wildman–Crippen MR) is 132 cm³/mol. The Balaban J connectivity index is 4.91. The molecule has 0 rings (SSSR count). The minimum absolute atomic E-state index is 0.550. The summed E-state index contributed by atoms with van der Waals surface area (Å²) in [5.41, 5.74) is 0. The zero-order valence-corrected chi connectivity index (χ0v) is 22.1. The lowest BCUT2D eigenvalue weighted by molar-refractivity contribution is 0.107. The van der Waals surface area contributed by atoms with Crippen molar-refractivity contribution in [3.05, 3.63) is 0 Å². The summed E-state index contributed by atoms with van der Waals surface area (Å²) >= 11 is 5.88. The van der Waals surface area contributed by atoms with Gasteiger partial charge in [0.25, 0.3) is 0 Å². The first-order valence-electron chi connectivity index (χ1n) is 12.5. The predicted octanol–water partition coefficient (Wildman–Crippen LogP) is 8.91. The molecule has 3 nitrogen and oxygen atoms in total. The van der Waals surface area contributed by atoms with Crippen LogP contribution < -0.4 is 0 Å². The van der Waals surface area contributed by atoms with E-state index in [0.29, 0.717) is 37.6 Å². The molecule has 0 fully saturated rings. The summed E-state index contributed by atoms with van der Waals surface area (Å²) in [5.74, 6) is 1.65. The van der Waals surface area contributed by atoms with Gasteiger partial charge >= 0.3 is 6.72 Å². The average molecular weight is 451 g/mol. The second-order valence-corrected chi connectivity index (χ2v) is 11.6. The van der Waals surface area contributed by atoms with E-state index in [-0.39, 0.29) is 0 Å². The Kier molecular flexibility index (Phi) is 19.6. The van der Waals surface area contributed by atoms with Gasteiger partial charge in [-0.2, -0.15) is 0 Å². The first kappa shape index (κ1) is 29.5. The smallest absolute Gasteiger partial charge is 0.308 e. The highest BCUT2D eigenvalue weighted by atomic mass is 32.5. The van der Waals surface area contributed by atoms with Gasteiger partial charge in [0.2, 0.25) is 0 Å². The Bertz CT molecular complexity index is 349. The first-order chi connectivity index (χ1) is 14.0. The fraction of sp³-hybridized carbons (Fsp3) is 1.00. The van der Waals surface area contributed by atoms with Crippen LogP contribution in [-0.4, -0.2) is 19.8 Å². The molecular formula is C24H51O3PS. The molecule has 0 N–H and O–H groups in total. The topological polar surface area (TPSA) is 27.7 Å².